The molecule has 4 aliphatic rings. The van der Waals surface area contributed by atoms with E-state index in [1.165, 1.54) is 27.0 Å². The minimum absolute atomic E-state index is 0.0318. The second-order valence-electron chi connectivity index (χ2n) is 13.5. The molecule has 46 heavy (non-hydrogen) atoms. The maximum absolute atomic E-state index is 14.2. The Bertz CT molecular complexity index is 1170. The molecule has 0 aromatic rings. The van der Waals surface area contributed by atoms with Gasteiger partial charge in [-0.1, -0.05) is 34.1 Å². The topological polar surface area (TPSA) is 176 Å². The van der Waals surface area contributed by atoms with Crippen molar-refractivity contribution in [2.45, 2.75) is 122 Å². The van der Waals surface area contributed by atoms with Gasteiger partial charge in [0.05, 0.1) is 0 Å². The van der Waals surface area contributed by atoms with E-state index in [9.17, 15) is 28.8 Å². The van der Waals surface area contributed by atoms with Crippen LogP contribution in [0.4, 0.5) is 0 Å². The first-order chi connectivity index (χ1) is 21.9. The van der Waals surface area contributed by atoms with Gasteiger partial charge in [0.1, 0.15) is 36.3 Å². The molecule has 0 bridgehead atoms. The molecule has 0 aromatic carbocycles. The molecular weight excluding hydrogens is 594 g/mol. The van der Waals surface area contributed by atoms with E-state index < -0.39 is 71.7 Å². The van der Waals surface area contributed by atoms with Crippen LogP contribution in [0.2, 0.25) is 0 Å². The second-order valence-corrected chi connectivity index (χ2v) is 13.5. The molecule has 4 fully saturated rings. The molecule has 4 saturated heterocycles. The SMILES string of the molecule is CC[C@H](C)[C@H]1NC(=O)[C@H](CC(C)C)NC(=O)[C@H]2CCCNN2C(=O)[C@H](C)N(C)C(=O)[C@H]2CCCNN2C(=O)[C@@H]2CCCNN2C1=O. The summed E-state index contributed by atoms with van der Waals surface area (Å²) in [5.74, 6) is -2.99. The van der Waals surface area contributed by atoms with E-state index in [1.54, 1.807) is 6.92 Å². The lowest BCUT2D eigenvalue weighted by molar-refractivity contribution is -0.164. The Morgan fingerprint density at radius 1 is 0.674 bits per heavy atom. The fraction of sp³-hybridized carbons (Fsp3) is 0.806. The molecule has 258 valence electrons. The van der Waals surface area contributed by atoms with Gasteiger partial charge in [-0.3, -0.25) is 43.8 Å². The van der Waals surface area contributed by atoms with Crippen molar-refractivity contribution < 1.29 is 28.8 Å². The highest BCUT2D eigenvalue weighted by atomic mass is 16.2. The highest BCUT2D eigenvalue weighted by Crippen LogP contribution is 2.23. The smallest absolute Gasteiger partial charge is 0.261 e. The van der Waals surface area contributed by atoms with Crippen LogP contribution >= 0.6 is 0 Å². The second kappa shape index (κ2) is 15.5. The Kier molecular flexibility index (Phi) is 12.0. The van der Waals surface area contributed by atoms with Crippen LogP contribution in [0.5, 0.6) is 0 Å². The summed E-state index contributed by atoms with van der Waals surface area (Å²) < 4.78 is 0. The van der Waals surface area contributed by atoms with E-state index in [0.717, 1.165) is 0 Å². The Morgan fingerprint density at radius 2 is 1.17 bits per heavy atom. The summed E-state index contributed by atoms with van der Waals surface area (Å²) in [6.45, 7) is 10.7. The predicted molar refractivity (Wildman–Crippen MR) is 169 cm³/mol. The molecule has 0 aromatic heterocycles. The summed E-state index contributed by atoms with van der Waals surface area (Å²) in [7, 11) is 1.53. The van der Waals surface area contributed by atoms with E-state index in [-0.39, 0.29) is 11.8 Å². The van der Waals surface area contributed by atoms with Crippen LogP contribution in [0, 0.1) is 11.8 Å². The minimum atomic E-state index is -0.975. The summed E-state index contributed by atoms with van der Waals surface area (Å²) >= 11 is 0. The van der Waals surface area contributed by atoms with Crippen molar-refractivity contribution >= 4 is 35.4 Å². The number of hydrazine groups is 3. The quantitative estimate of drug-likeness (QED) is 0.267. The van der Waals surface area contributed by atoms with Crippen molar-refractivity contribution in [2.75, 3.05) is 26.7 Å². The van der Waals surface area contributed by atoms with Crippen LogP contribution in [0.1, 0.15) is 86.0 Å². The molecule has 7 atom stereocenters. The van der Waals surface area contributed by atoms with Crippen LogP contribution in [-0.4, -0.2) is 118 Å². The highest BCUT2D eigenvalue weighted by molar-refractivity contribution is 5.98. The molecule has 0 spiro atoms. The first-order valence-electron chi connectivity index (χ1n) is 16.9. The van der Waals surface area contributed by atoms with Gasteiger partial charge in [-0.2, -0.15) is 0 Å². The highest BCUT2D eigenvalue weighted by Gasteiger charge is 2.46. The summed E-state index contributed by atoms with van der Waals surface area (Å²) in [5, 5.41) is 9.72. The number of carbonyl (C=O) groups is 6. The van der Waals surface area contributed by atoms with Crippen LogP contribution < -0.4 is 26.9 Å². The monoisotopic (exact) mass is 647 g/mol. The predicted octanol–water partition coefficient (Wildman–Crippen LogP) is -0.604. The van der Waals surface area contributed by atoms with Gasteiger partial charge < -0.3 is 15.5 Å². The third-order valence-corrected chi connectivity index (χ3v) is 9.73. The van der Waals surface area contributed by atoms with E-state index in [1.807, 2.05) is 27.7 Å². The number of nitrogens with zero attached hydrogens (tertiary/aromatic N) is 4. The van der Waals surface area contributed by atoms with Crippen molar-refractivity contribution in [3.8, 4) is 0 Å². The summed E-state index contributed by atoms with van der Waals surface area (Å²) in [6, 6.07) is -5.61. The zero-order chi connectivity index (χ0) is 33.7. The zero-order valence-electron chi connectivity index (χ0n) is 28.1. The van der Waals surface area contributed by atoms with Gasteiger partial charge in [-0.05, 0) is 63.7 Å². The van der Waals surface area contributed by atoms with E-state index in [4.69, 9.17) is 0 Å². The fourth-order valence-corrected chi connectivity index (χ4v) is 6.62. The average molecular weight is 648 g/mol. The van der Waals surface area contributed by atoms with Gasteiger partial charge in [-0.15, -0.1) is 0 Å². The number of hydrogen-bond acceptors (Lipinski definition) is 9. The lowest BCUT2D eigenvalue weighted by Gasteiger charge is -2.44. The zero-order valence-corrected chi connectivity index (χ0v) is 28.1. The first-order valence-corrected chi connectivity index (χ1v) is 16.9. The molecule has 4 heterocycles. The Morgan fingerprint density at radius 3 is 1.72 bits per heavy atom. The Labute approximate surface area is 271 Å². The number of likely N-dealkylation sites (N-methyl/N-ethyl adjacent to an activating group) is 1. The number of nitrogens with one attached hydrogen (secondary N) is 5. The molecule has 0 radical (unpaired) electrons. The molecule has 5 N–H and O–H groups in total. The van der Waals surface area contributed by atoms with Crippen molar-refractivity contribution in [3.05, 3.63) is 0 Å². The van der Waals surface area contributed by atoms with Crippen molar-refractivity contribution in [3.63, 3.8) is 0 Å². The van der Waals surface area contributed by atoms with Gasteiger partial charge in [0.2, 0.25) is 17.7 Å². The van der Waals surface area contributed by atoms with E-state index in [2.05, 4.69) is 26.9 Å². The van der Waals surface area contributed by atoms with Crippen molar-refractivity contribution in [1.82, 2.24) is 46.8 Å². The molecule has 0 unspecified atom stereocenters. The Balaban J connectivity index is 1.78. The molecule has 4 aliphatic heterocycles. The van der Waals surface area contributed by atoms with Crippen molar-refractivity contribution in [1.29, 1.82) is 0 Å². The van der Waals surface area contributed by atoms with Gasteiger partial charge in [0.25, 0.3) is 17.7 Å². The number of fused-ring (bicyclic) bond motifs is 3. The molecule has 0 aliphatic carbocycles. The molecule has 6 amide bonds. The standard InChI is InChI=1S/C31H53N9O6/c1-7-19(4)25-31(46)40-24(13-10-16-34-40)30(45)39-23(12-9-15-33-39)29(44)37(6)20(5)28(43)38-22(11-8-14-32-38)27(42)35-21(17-18(2)3)26(41)36-25/h18-25,32-34H,7-17H2,1-6H3,(H,35,42)(H,36,41)/t19-,20-,21-,22+,23+,24-,25+/m0/s1. The first kappa shape index (κ1) is 35.6. The van der Waals surface area contributed by atoms with Crippen LogP contribution in [-0.2, 0) is 28.8 Å². The van der Waals surface area contributed by atoms with Crippen molar-refractivity contribution in [2.24, 2.45) is 11.8 Å². The Hall–Kier alpha value is -3.30. The van der Waals surface area contributed by atoms with Gasteiger partial charge in [0, 0.05) is 26.7 Å². The number of carbonyl (C=O) groups excluding carboxylic acids is 6. The molecule has 0 saturated carbocycles. The van der Waals surface area contributed by atoms with Gasteiger partial charge in [0.15, 0.2) is 0 Å². The fourth-order valence-electron chi connectivity index (χ4n) is 6.62. The summed E-state index contributed by atoms with van der Waals surface area (Å²) in [5.41, 5.74) is 9.21. The van der Waals surface area contributed by atoms with Crippen LogP contribution in [0.15, 0.2) is 0 Å². The normalized spacial score (nSPS) is 31.8. The lowest BCUT2D eigenvalue weighted by Crippen LogP contribution is -2.69. The number of hydrogen-bond donors (Lipinski definition) is 5. The number of amides is 6. The molecule has 4 rings (SSSR count). The van der Waals surface area contributed by atoms with Crippen LogP contribution in [0.25, 0.3) is 0 Å². The van der Waals surface area contributed by atoms with Gasteiger partial charge >= 0.3 is 0 Å². The third-order valence-electron chi connectivity index (χ3n) is 9.73. The number of rotatable bonds is 4. The summed E-state index contributed by atoms with van der Waals surface area (Å²) in [6.07, 6.45) is 3.91. The van der Waals surface area contributed by atoms with Crippen LogP contribution in [0.3, 0.4) is 0 Å². The summed E-state index contributed by atoms with van der Waals surface area (Å²) in [4.78, 5) is 85.3. The minimum Gasteiger partial charge on any atom is -0.342 e. The molecular formula is C31H53N9O6. The largest absolute Gasteiger partial charge is 0.342 e. The van der Waals surface area contributed by atoms with E-state index in [0.29, 0.717) is 71.0 Å². The lowest BCUT2D eigenvalue weighted by atomic mass is 9.95. The maximum atomic E-state index is 14.2. The van der Waals surface area contributed by atoms with E-state index >= 15 is 0 Å². The average Bonchev–Trinajstić information content (AvgIpc) is 3.07. The van der Waals surface area contributed by atoms with Gasteiger partial charge in [-0.25, -0.2) is 16.3 Å². The molecule has 15 heteroatoms. The maximum Gasteiger partial charge on any atom is 0.261 e. The molecule has 15 nitrogen and oxygen atoms in total. The third kappa shape index (κ3) is 7.63.